The molecule has 5 heteroatoms. The van der Waals surface area contributed by atoms with Crippen molar-refractivity contribution in [1.29, 1.82) is 0 Å². The van der Waals surface area contributed by atoms with Gasteiger partial charge in [0.15, 0.2) is 0 Å². The molecule has 0 saturated carbocycles. The second kappa shape index (κ2) is 5.63. The molecule has 0 bridgehead atoms. The zero-order chi connectivity index (χ0) is 11.4. The molecule has 1 unspecified atom stereocenters. The highest BCUT2D eigenvalue weighted by Crippen LogP contribution is 2.22. The molecule has 1 aromatic rings. The highest BCUT2D eigenvalue weighted by Gasteiger charge is 2.14. The molecule has 1 heterocycles. The maximum Gasteiger partial charge on any atom is 0.0693 e. The highest BCUT2D eigenvalue weighted by atomic mass is 79.9. The minimum absolute atomic E-state index is 0.309. The average Bonchev–Trinajstić information content (AvgIpc) is 2.55. The van der Waals surface area contributed by atoms with Gasteiger partial charge < -0.3 is 10.2 Å². The van der Waals surface area contributed by atoms with E-state index in [4.69, 9.17) is 0 Å². The molecule has 0 amide bonds. The summed E-state index contributed by atoms with van der Waals surface area (Å²) < 4.78 is 3.12. The molecule has 0 fully saturated rings. The van der Waals surface area contributed by atoms with E-state index >= 15 is 0 Å². The van der Waals surface area contributed by atoms with Gasteiger partial charge >= 0.3 is 0 Å². The maximum atomic E-state index is 4.36. The Morgan fingerprint density at radius 1 is 1.60 bits per heavy atom. The summed E-state index contributed by atoms with van der Waals surface area (Å²) in [6.07, 6.45) is 1.86. The fraction of sp³-hybridized carbons (Fsp3) is 0.700. The first kappa shape index (κ1) is 12.7. The second-order valence-electron chi connectivity index (χ2n) is 3.91. The molecule has 1 rings (SSSR count). The predicted octanol–water partition coefficient (Wildman–Crippen LogP) is 1.49. The molecular formula is C10H19BrN4. The summed E-state index contributed by atoms with van der Waals surface area (Å²) in [5, 5.41) is 7.59. The van der Waals surface area contributed by atoms with Crippen LogP contribution >= 0.6 is 15.9 Å². The molecule has 4 nitrogen and oxygen atoms in total. The van der Waals surface area contributed by atoms with Crippen molar-refractivity contribution in [1.82, 2.24) is 20.0 Å². The van der Waals surface area contributed by atoms with Gasteiger partial charge in [0, 0.05) is 12.6 Å². The van der Waals surface area contributed by atoms with Crippen LogP contribution in [-0.2, 0) is 6.54 Å². The van der Waals surface area contributed by atoms with Crippen LogP contribution in [0.1, 0.15) is 18.7 Å². The maximum absolute atomic E-state index is 4.36. The van der Waals surface area contributed by atoms with E-state index in [2.05, 4.69) is 52.3 Å². The molecule has 0 saturated heterocycles. The van der Waals surface area contributed by atoms with Gasteiger partial charge in [0.05, 0.1) is 22.9 Å². The van der Waals surface area contributed by atoms with E-state index in [0.717, 1.165) is 17.6 Å². The van der Waals surface area contributed by atoms with Crippen LogP contribution in [-0.4, -0.2) is 42.4 Å². The summed E-state index contributed by atoms with van der Waals surface area (Å²) in [6, 6.07) is 0.309. The molecule has 86 valence electrons. The monoisotopic (exact) mass is 274 g/mol. The lowest BCUT2D eigenvalue weighted by atomic mass is 10.2. The topological polar surface area (TPSA) is 33.1 Å². The van der Waals surface area contributed by atoms with Crippen molar-refractivity contribution in [3.63, 3.8) is 0 Å². The van der Waals surface area contributed by atoms with E-state index in [-0.39, 0.29) is 0 Å². The lowest BCUT2D eigenvalue weighted by Gasteiger charge is -2.16. The molecule has 0 aliphatic heterocycles. The number of hydrogen-bond acceptors (Lipinski definition) is 3. The number of aromatic nitrogens is 2. The average molecular weight is 275 g/mol. The Morgan fingerprint density at radius 3 is 2.80 bits per heavy atom. The van der Waals surface area contributed by atoms with Gasteiger partial charge in [-0.2, -0.15) is 5.10 Å². The summed E-state index contributed by atoms with van der Waals surface area (Å²) in [5.41, 5.74) is 1.21. The standard InChI is InChI=1S/C10H19BrN4/c1-8(12-2)10-9(11)7-13-15(10)6-5-14(3)4/h7-8,12H,5-6H2,1-4H3. The van der Waals surface area contributed by atoms with Crippen molar-refractivity contribution in [3.05, 3.63) is 16.4 Å². The van der Waals surface area contributed by atoms with E-state index in [0.29, 0.717) is 6.04 Å². The number of nitrogens with zero attached hydrogens (tertiary/aromatic N) is 3. The fourth-order valence-electron chi connectivity index (χ4n) is 1.41. The van der Waals surface area contributed by atoms with Crippen LogP contribution in [0.25, 0.3) is 0 Å². The first-order valence-electron chi connectivity index (χ1n) is 5.09. The third kappa shape index (κ3) is 3.29. The Balaban J connectivity index is 2.79. The molecule has 0 spiro atoms. The number of nitrogens with one attached hydrogen (secondary N) is 1. The lowest BCUT2D eigenvalue weighted by molar-refractivity contribution is 0.365. The minimum Gasteiger partial charge on any atom is -0.312 e. The van der Waals surface area contributed by atoms with Crippen LogP contribution in [0.3, 0.4) is 0 Å². The molecule has 1 aromatic heterocycles. The Labute approximate surface area is 99.8 Å². The van der Waals surface area contributed by atoms with Crippen molar-refractivity contribution >= 4 is 15.9 Å². The Kier molecular flexibility index (Phi) is 4.76. The molecule has 0 aromatic carbocycles. The van der Waals surface area contributed by atoms with E-state index in [9.17, 15) is 0 Å². The van der Waals surface area contributed by atoms with Gasteiger partial charge in [-0.25, -0.2) is 0 Å². The Hall–Kier alpha value is -0.390. The van der Waals surface area contributed by atoms with E-state index < -0.39 is 0 Å². The molecule has 1 atom stereocenters. The van der Waals surface area contributed by atoms with Crippen LogP contribution < -0.4 is 5.32 Å². The zero-order valence-electron chi connectivity index (χ0n) is 9.79. The minimum atomic E-state index is 0.309. The Bertz CT molecular complexity index is 308. The first-order valence-corrected chi connectivity index (χ1v) is 5.88. The predicted molar refractivity (Wildman–Crippen MR) is 66.0 cm³/mol. The van der Waals surface area contributed by atoms with E-state index in [1.165, 1.54) is 5.69 Å². The van der Waals surface area contributed by atoms with Gasteiger partial charge in [-0.1, -0.05) is 0 Å². The lowest BCUT2D eigenvalue weighted by Crippen LogP contribution is -2.23. The van der Waals surface area contributed by atoms with Crippen LogP contribution in [0, 0.1) is 0 Å². The van der Waals surface area contributed by atoms with Crippen molar-refractivity contribution in [2.24, 2.45) is 0 Å². The zero-order valence-corrected chi connectivity index (χ0v) is 11.4. The highest BCUT2D eigenvalue weighted by molar-refractivity contribution is 9.10. The molecule has 1 N–H and O–H groups in total. The number of likely N-dealkylation sites (N-methyl/N-ethyl adjacent to an activating group) is 1. The van der Waals surface area contributed by atoms with Crippen LogP contribution in [0.2, 0.25) is 0 Å². The first-order chi connectivity index (χ1) is 7.06. The van der Waals surface area contributed by atoms with Gasteiger partial charge in [-0.15, -0.1) is 0 Å². The molecule has 0 aliphatic carbocycles. The SMILES string of the molecule is CNC(C)c1c(Br)cnn1CCN(C)C. The summed E-state index contributed by atoms with van der Waals surface area (Å²) >= 11 is 3.53. The van der Waals surface area contributed by atoms with E-state index in [1.54, 1.807) is 0 Å². The molecule has 0 aliphatic rings. The van der Waals surface area contributed by atoms with Crippen LogP contribution in [0.4, 0.5) is 0 Å². The summed E-state index contributed by atoms with van der Waals surface area (Å²) in [5.74, 6) is 0. The number of hydrogen-bond donors (Lipinski definition) is 1. The van der Waals surface area contributed by atoms with E-state index in [1.807, 2.05) is 17.9 Å². The molecule has 0 radical (unpaired) electrons. The van der Waals surface area contributed by atoms with Gasteiger partial charge in [0.2, 0.25) is 0 Å². The largest absolute Gasteiger partial charge is 0.312 e. The quantitative estimate of drug-likeness (QED) is 0.883. The number of halogens is 1. The van der Waals surface area contributed by atoms with Crippen molar-refractivity contribution in [2.45, 2.75) is 19.5 Å². The van der Waals surface area contributed by atoms with Gasteiger partial charge in [-0.3, -0.25) is 4.68 Å². The van der Waals surface area contributed by atoms with Gasteiger partial charge in [-0.05, 0) is 44.0 Å². The smallest absolute Gasteiger partial charge is 0.0693 e. The summed E-state index contributed by atoms with van der Waals surface area (Å²) in [4.78, 5) is 2.16. The number of rotatable bonds is 5. The van der Waals surface area contributed by atoms with Crippen molar-refractivity contribution in [2.75, 3.05) is 27.7 Å². The fourth-order valence-corrected chi connectivity index (χ4v) is 2.05. The van der Waals surface area contributed by atoms with Gasteiger partial charge in [0.1, 0.15) is 0 Å². The summed E-state index contributed by atoms with van der Waals surface area (Å²) in [6.45, 7) is 4.05. The second-order valence-corrected chi connectivity index (χ2v) is 4.77. The van der Waals surface area contributed by atoms with Crippen LogP contribution in [0.15, 0.2) is 10.7 Å². The summed E-state index contributed by atoms with van der Waals surface area (Å²) in [7, 11) is 6.10. The van der Waals surface area contributed by atoms with Gasteiger partial charge in [0.25, 0.3) is 0 Å². The third-order valence-electron chi connectivity index (χ3n) is 2.44. The molecule has 15 heavy (non-hydrogen) atoms. The van der Waals surface area contributed by atoms with Crippen LogP contribution in [0.5, 0.6) is 0 Å². The third-order valence-corrected chi connectivity index (χ3v) is 3.05. The Morgan fingerprint density at radius 2 is 2.27 bits per heavy atom. The molecular weight excluding hydrogens is 256 g/mol. The normalized spacial score (nSPS) is 13.5. The van der Waals surface area contributed by atoms with Crippen molar-refractivity contribution in [3.8, 4) is 0 Å². The van der Waals surface area contributed by atoms with Crippen molar-refractivity contribution < 1.29 is 0 Å².